The van der Waals surface area contributed by atoms with Crippen LogP contribution in [-0.2, 0) is 0 Å². The third kappa shape index (κ3) is 2.30. The van der Waals surface area contributed by atoms with Gasteiger partial charge in [-0.05, 0) is 40.2 Å². The summed E-state index contributed by atoms with van der Waals surface area (Å²) in [5.74, 6) is 0.297. The van der Waals surface area contributed by atoms with Crippen LogP contribution in [0, 0.1) is 5.82 Å². The van der Waals surface area contributed by atoms with Crippen LogP contribution >= 0.6 is 27.3 Å². The van der Waals surface area contributed by atoms with Crippen LogP contribution in [0.15, 0.2) is 34.2 Å². The Morgan fingerprint density at radius 2 is 2.00 bits per heavy atom. The van der Waals surface area contributed by atoms with Gasteiger partial charge >= 0.3 is 0 Å². The number of benzene rings is 1. The molecule has 1 heterocycles. The van der Waals surface area contributed by atoms with Crippen LogP contribution in [0.1, 0.15) is 0 Å². The predicted octanol–water partition coefficient (Wildman–Crippen LogP) is 3.84. The summed E-state index contributed by atoms with van der Waals surface area (Å²) in [5.41, 5.74) is 0. The number of ether oxygens (including phenoxy) is 1. The Morgan fingerprint density at radius 1 is 1.29 bits per heavy atom. The first-order valence-corrected chi connectivity index (χ1v) is 5.40. The van der Waals surface area contributed by atoms with E-state index < -0.39 is 0 Å². The van der Waals surface area contributed by atoms with E-state index in [4.69, 9.17) is 4.74 Å². The topological polar surface area (TPSA) is 22.1 Å². The van der Waals surface area contributed by atoms with E-state index >= 15 is 0 Å². The average Bonchev–Trinajstić information content (AvgIpc) is 2.56. The van der Waals surface area contributed by atoms with Gasteiger partial charge in [0.25, 0.3) is 5.19 Å². The lowest BCUT2D eigenvalue weighted by molar-refractivity contribution is 0.477. The summed E-state index contributed by atoms with van der Waals surface area (Å²) in [6, 6.07) is 5.81. The lowest BCUT2D eigenvalue weighted by Crippen LogP contribution is -1.82. The molecule has 72 valence electrons. The highest BCUT2D eigenvalue weighted by molar-refractivity contribution is 9.11. The Bertz CT molecular complexity index is 429. The van der Waals surface area contributed by atoms with E-state index in [1.54, 1.807) is 18.3 Å². The van der Waals surface area contributed by atoms with Gasteiger partial charge in [-0.15, -0.1) is 0 Å². The number of thiazole rings is 1. The van der Waals surface area contributed by atoms with E-state index in [-0.39, 0.29) is 5.82 Å². The molecule has 0 spiro atoms. The van der Waals surface area contributed by atoms with E-state index in [0.29, 0.717) is 10.9 Å². The fraction of sp³-hybridized carbons (Fsp3) is 0. The molecule has 2 aromatic rings. The first kappa shape index (κ1) is 9.61. The maximum absolute atomic E-state index is 12.6. The maximum atomic E-state index is 12.6. The normalized spacial score (nSPS) is 10.1. The maximum Gasteiger partial charge on any atom is 0.279 e. The van der Waals surface area contributed by atoms with Gasteiger partial charge in [-0.25, -0.2) is 9.37 Å². The van der Waals surface area contributed by atoms with Gasteiger partial charge < -0.3 is 4.74 Å². The molecule has 14 heavy (non-hydrogen) atoms. The molecular weight excluding hydrogens is 269 g/mol. The first-order chi connectivity index (χ1) is 6.74. The molecule has 0 saturated heterocycles. The Hall–Kier alpha value is -0.940. The van der Waals surface area contributed by atoms with Gasteiger partial charge in [-0.1, -0.05) is 11.3 Å². The molecule has 0 bridgehead atoms. The van der Waals surface area contributed by atoms with Crippen LogP contribution in [-0.4, -0.2) is 4.98 Å². The third-order valence-electron chi connectivity index (χ3n) is 1.48. The van der Waals surface area contributed by atoms with E-state index in [1.807, 2.05) is 0 Å². The minimum absolute atomic E-state index is 0.280. The monoisotopic (exact) mass is 273 g/mol. The van der Waals surface area contributed by atoms with Gasteiger partial charge in [-0.2, -0.15) is 0 Å². The molecule has 0 saturated carbocycles. The van der Waals surface area contributed by atoms with Crippen molar-refractivity contribution in [2.75, 3.05) is 0 Å². The highest BCUT2D eigenvalue weighted by Gasteiger charge is 2.01. The second-order valence-electron chi connectivity index (χ2n) is 2.49. The van der Waals surface area contributed by atoms with Crippen LogP contribution < -0.4 is 4.74 Å². The Kier molecular flexibility index (Phi) is 2.79. The van der Waals surface area contributed by atoms with Gasteiger partial charge in [0, 0.05) is 0 Å². The SMILES string of the molecule is Fc1ccc(Oc2ncc(Br)s2)cc1. The molecule has 1 aromatic heterocycles. The van der Waals surface area contributed by atoms with Crippen molar-refractivity contribution in [2.45, 2.75) is 0 Å². The van der Waals surface area contributed by atoms with Gasteiger partial charge in [0.1, 0.15) is 11.6 Å². The number of hydrogen-bond donors (Lipinski definition) is 0. The van der Waals surface area contributed by atoms with Gasteiger partial charge in [0.05, 0.1) is 9.98 Å². The molecule has 0 aliphatic heterocycles. The summed E-state index contributed by atoms with van der Waals surface area (Å²) in [4.78, 5) is 3.99. The van der Waals surface area contributed by atoms with Crippen molar-refractivity contribution < 1.29 is 9.13 Å². The standard InChI is InChI=1S/C9H5BrFNOS/c10-8-5-12-9(14-8)13-7-3-1-6(11)2-4-7/h1-5H. The molecule has 0 aliphatic rings. The zero-order valence-corrected chi connectivity index (χ0v) is 9.31. The second kappa shape index (κ2) is 4.06. The van der Waals surface area contributed by atoms with Gasteiger partial charge in [0.2, 0.25) is 0 Å². The van der Waals surface area contributed by atoms with Crippen molar-refractivity contribution in [1.82, 2.24) is 4.98 Å². The highest BCUT2D eigenvalue weighted by Crippen LogP contribution is 2.29. The summed E-state index contributed by atoms with van der Waals surface area (Å²) >= 11 is 4.65. The van der Waals surface area contributed by atoms with Crippen LogP contribution in [0.4, 0.5) is 4.39 Å². The Balaban J connectivity index is 2.15. The zero-order valence-electron chi connectivity index (χ0n) is 6.91. The number of rotatable bonds is 2. The van der Waals surface area contributed by atoms with Crippen molar-refractivity contribution in [3.05, 3.63) is 40.1 Å². The van der Waals surface area contributed by atoms with Crippen LogP contribution in [0.5, 0.6) is 10.9 Å². The lowest BCUT2D eigenvalue weighted by Gasteiger charge is -1.99. The summed E-state index contributed by atoms with van der Waals surface area (Å²) < 4.78 is 18.8. The van der Waals surface area contributed by atoms with E-state index in [2.05, 4.69) is 20.9 Å². The number of aromatic nitrogens is 1. The molecular formula is C9H5BrFNOS. The molecule has 0 amide bonds. The Morgan fingerprint density at radius 3 is 2.57 bits per heavy atom. The average molecular weight is 274 g/mol. The summed E-state index contributed by atoms with van der Waals surface area (Å²) in [5, 5.41) is 0.531. The molecule has 0 fully saturated rings. The minimum atomic E-state index is -0.280. The van der Waals surface area contributed by atoms with E-state index in [9.17, 15) is 4.39 Å². The van der Waals surface area contributed by atoms with Crippen molar-refractivity contribution >= 4 is 27.3 Å². The molecule has 0 aliphatic carbocycles. The molecule has 5 heteroatoms. The van der Waals surface area contributed by atoms with Crippen molar-refractivity contribution in [3.63, 3.8) is 0 Å². The molecule has 0 N–H and O–H groups in total. The van der Waals surface area contributed by atoms with Crippen molar-refractivity contribution in [2.24, 2.45) is 0 Å². The second-order valence-corrected chi connectivity index (χ2v) is 4.86. The first-order valence-electron chi connectivity index (χ1n) is 3.79. The largest absolute Gasteiger partial charge is 0.431 e. The molecule has 0 unspecified atom stereocenters. The number of hydrogen-bond acceptors (Lipinski definition) is 3. The van der Waals surface area contributed by atoms with Gasteiger partial charge in [-0.3, -0.25) is 0 Å². The van der Waals surface area contributed by atoms with E-state index in [1.165, 1.54) is 23.5 Å². The predicted molar refractivity (Wildman–Crippen MR) is 56.3 cm³/mol. The molecule has 0 atom stereocenters. The number of halogens is 2. The summed E-state index contributed by atoms with van der Waals surface area (Å²) in [7, 11) is 0. The summed E-state index contributed by atoms with van der Waals surface area (Å²) in [6.45, 7) is 0. The molecule has 1 aromatic carbocycles. The van der Waals surface area contributed by atoms with E-state index in [0.717, 1.165) is 3.79 Å². The zero-order chi connectivity index (χ0) is 9.97. The van der Waals surface area contributed by atoms with Gasteiger partial charge in [0.15, 0.2) is 0 Å². The van der Waals surface area contributed by atoms with Crippen LogP contribution in [0.25, 0.3) is 0 Å². The third-order valence-corrected chi connectivity index (χ3v) is 2.83. The molecule has 0 radical (unpaired) electrons. The lowest BCUT2D eigenvalue weighted by atomic mass is 10.3. The fourth-order valence-electron chi connectivity index (χ4n) is 0.890. The number of nitrogens with zero attached hydrogens (tertiary/aromatic N) is 1. The minimum Gasteiger partial charge on any atom is -0.431 e. The molecule has 2 nitrogen and oxygen atoms in total. The summed E-state index contributed by atoms with van der Waals surface area (Å²) in [6.07, 6.45) is 1.66. The fourth-order valence-corrected chi connectivity index (χ4v) is 1.92. The van der Waals surface area contributed by atoms with Crippen LogP contribution in [0.3, 0.4) is 0 Å². The van der Waals surface area contributed by atoms with Crippen molar-refractivity contribution in [1.29, 1.82) is 0 Å². The quantitative estimate of drug-likeness (QED) is 0.830. The Labute approximate surface area is 92.5 Å². The molecule has 2 rings (SSSR count). The highest BCUT2D eigenvalue weighted by atomic mass is 79.9. The smallest absolute Gasteiger partial charge is 0.279 e. The van der Waals surface area contributed by atoms with Crippen molar-refractivity contribution in [3.8, 4) is 10.9 Å². The van der Waals surface area contributed by atoms with Crippen LogP contribution in [0.2, 0.25) is 0 Å².